The second-order valence-electron chi connectivity index (χ2n) is 11.4. The number of nitrogens with zero attached hydrogens (tertiary/aromatic N) is 3. The summed E-state index contributed by atoms with van der Waals surface area (Å²) in [6, 6.07) is 45.8. The standard InChI is InChI=1S/C42H36N3P/c1-4-13-34(14-5-2)46(35-16-7-6-8-17-35)36-24-21-30(22-25-36)31-23-26-37-41(28-31)45(40-20-12-11-19-39(40)43-3)29-33-27-32-15-9-10-18-38(32)44-42(33)37/h4,6-28H,3,5,29H2,1-2H3/b13-4-,34-14+. The Morgan fingerprint density at radius 2 is 1.52 bits per heavy atom. The van der Waals surface area contributed by atoms with E-state index in [9.17, 15) is 0 Å². The van der Waals surface area contributed by atoms with Gasteiger partial charge in [-0.25, -0.2) is 4.98 Å². The summed E-state index contributed by atoms with van der Waals surface area (Å²) in [4.78, 5) is 11.9. The highest BCUT2D eigenvalue weighted by Crippen LogP contribution is 2.47. The molecule has 0 saturated heterocycles. The maximum atomic E-state index is 5.17. The maximum absolute atomic E-state index is 5.17. The number of rotatable bonds is 8. The Hall–Kier alpha value is -5.11. The molecule has 5 aromatic carbocycles. The normalized spacial score (nSPS) is 13.4. The Kier molecular flexibility index (Phi) is 8.42. The lowest BCUT2D eigenvalue weighted by Crippen LogP contribution is -2.22. The summed E-state index contributed by atoms with van der Waals surface area (Å²) in [5.41, 5.74) is 9.78. The van der Waals surface area contributed by atoms with E-state index in [1.165, 1.54) is 32.6 Å². The first kappa shape index (κ1) is 29.6. The second kappa shape index (κ2) is 13.1. The van der Waals surface area contributed by atoms with Crippen LogP contribution >= 0.6 is 7.92 Å². The van der Waals surface area contributed by atoms with Crippen LogP contribution in [0.4, 0.5) is 17.1 Å². The minimum absolute atomic E-state index is 0.661. The van der Waals surface area contributed by atoms with Gasteiger partial charge in [0, 0.05) is 10.9 Å². The van der Waals surface area contributed by atoms with Crippen LogP contribution in [0.25, 0.3) is 33.3 Å². The van der Waals surface area contributed by atoms with E-state index in [1.807, 2.05) is 12.1 Å². The molecule has 0 aliphatic carbocycles. The Labute approximate surface area is 273 Å². The first-order valence-corrected chi connectivity index (χ1v) is 17.2. The average molecular weight is 614 g/mol. The molecule has 1 aromatic heterocycles. The molecule has 1 aliphatic rings. The van der Waals surface area contributed by atoms with Crippen molar-refractivity contribution in [3.63, 3.8) is 0 Å². The summed E-state index contributed by atoms with van der Waals surface area (Å²) >= 11 is 0. The van der Waals surface area contributed by atoms with E-state index >= 15 is 0 Å². The van der Waals surface area contributed by atoms with E-state index in [0.29, 0.717) is 6.54 Å². The van der Waals surface area contributed by atoms with Crippen LogP contribution in [0.5, 0.6) is 0 Å². The first-order chi connectivity index (χ1) is 22.7. The largest absolute Gasteiger partial charge is 0.335 e. The molecule has 1 aliphatic heterocycles. The molecule has 0 radical (unpaired) electrons. The molecule has 1 unspecified atom stereocenters. The van der Waals surface area contributed by atoms with Gasteiger partial charge in [-0.3, -0.25) is 4.99 Å². The van der Waals surface area contributed by atoms with Gasteiger partial charge in [0.15, 0.2) is 0 Å². The molecule has 6 aromatic rings. The van der Waals surface area contributed by atoms with Gasteiger partial charge in [-0.15, -0.1) is 0 Å². The Bertz CT molecular complexity index is 2090. The lowest BCUT2D eigenvalue weighted by molar-refractivity contribution is 0.953. The summed E-state index contributed by atoms with van der Waals surface area (Å²) in [5.74, 6) is 0. The summed E-state index contributed by atoms with van der Waals surface area (Å²) in [6.07, 6.45) is 7.81. The highest BCUT2D eigenvalue weighted by atomic mass is 31.1. The van der Waals surface area contributed by atoms with Crippen LogP contribution in [0.3, 0.4) is 0 Å². The summed E-state index contributed by atoms with van der Waals surface area (Å²) < 4.78 is 0. The van der Waals surface area contributed by atoms with Crippen molar-refractivity contribution in [3.05, 3.63) is 156 Å². The van der Waals surface area contributed by atoms with Crippen LogP contribution in [0, 0.1) is 0 Å². The lowest BCUT2D eigenvalue weighted by atomic mass is 9.93. The molecule has 4 heteroatoms. The van der Waals surface area contributed by atoms with Crippen molar-refractivity contribution in [1.82, 2.24) is 4.98 Å². The number of pyridine rings is 1. The van der Waals surface area contributed by atoms with Gasteiger partial charge in [0.1, 0.15) is 0 Å². The number of hydrogen-bond donors (Lipinski definition) is 0. The van der Waals surface area contributed by atoms with Crippen LogP contribution in [-0.4, -0.2) is 11.7 Å². The van der Waals surface area contributed by atoms with Crippen molar-refractivity contribution in [2.75, 3.05) is 4.90 Å². The third kappa shape index (κ3) is 5.60. The molecule has 0 saturated carbocycles. The summed E-state index contributed by atoms with van der Waals surface area (Å²) in [7, 11) is -0.661. The molecule has 0 amide bonds. The van der Waals surface area contributed by atoms with Crippen molar-refractivity contribution in [3.8, 4) is 22.4 Å². The van der Waals surface area contributed by atoms with Gasteiger partial charge >= 0.3 is 0 Å². The second-order valence-corrected chi connectivity index (χ2v) is 13.6. The van der Waals surface area contributed by atoms with Gasteiger partial charge in [-0.2, -0.15) is 0 Å². The zero-order chi connectivity index (χ0) is 31.5. The van der Waals surface area contributed by atoms with Gasteiger partial charge < -0.3 is 4.90 Å². The number of aromatic nitrogens is 1. The number of benzene rings is 5. The summed E-state index contributed by atoms with van der Waals surface area (Å²) in [6.45, 7) is 8.89. The Morgan fingerprint density at radius 3 is 2.30 bits per heavy atom. The Morgan fingerprint density at radius 1 is 0.804 bits per heavy atom. The van der Waals surface area contributed by atoms with Crippen molar-refractivity contribution >= 4 is 53.2 Å². The molecule has 1 atom stereocenters. The molecule has 7 rings (SSSR count). The highest BCUT2D eigenvalue weighted by Gasteiger charge is 2.27. The van der Waals surface area contributed by atoms with Gasteiger partial charge in [-0.1, -0.05) is 122 Å². The van der Waals surface area contributed by atoms with Crippen LogP contribution < -0.4 is 15.5 Å². The molecule has 224 valence electrons. The number of allylic oxidation sites excluding steroid dienone is 4. The minimum Gasteiger partial charge on any atom is -0.335 e. The zero-order valence-corrected chi connectivity index (χ0v) is 27.2. The van der Waals surface area contributed by atoms with Crippen LogP contribution in [0.1, 0.15) is 25.8 Å². The van der Waals surface area contributed by atoms with Gasteiger partial charge in [0.25, 0.3) is 0 Å². The molecule has 2 heterocycles. The molecular formula is C42H36N3P. The Balaban J connectivity index is 1.34. The smallest absolute Gasteiger partial charge is 0.0859 e. The fraction of sp³-hybridized carbons (Fsp3) is 0.0952. The van der Waals surface area contributed by atoms with Crippen LogP contribution in [-0.2, 0) is 6.54 Å². The topological polar surface area (TPSA) is 28.5 Å². The van der Waals surface area contributed by atoms with Gasteiger partial charge in [0.05, 0.1) is 34.8 Å². The number of aliphatic imine (C=N–C) groups is 1. The zero-order valence-electron chi connectivity index (χ0n) is 26.3. The van der Waals surface area contributed by atoms with Gasteiger partial charge in [0.2, 0.25) is 0 Å². The third-order valence-electron chi connectivity index (χ3n) is 8.50. The van der Waals surface area contributed by atoms with E-state index in [0.717, 1.165) is 45.6 Å². The van der Waals surface area contributed by atoms with Crippen molar-refractivity contribution < 1.29 is 0 Å². The molecule has 0 bridgehead atoms. The fourth-order valence-electron chi connectivity index (χ4n) is 6.39. The van der Waals surface area contributed by atoms with E-state index in [4.69, 9.17) is 4.98 Å². The summed E-state index contributed by atoms with van der Waals surface area (Å²) in [5, 5.41) is 5.24. The van der Waals surface area contributed by atoms with Crippen molar-refractivity contribution in [2.45, 2.75) is 26.8 Å². The van der Waals surface area contributed by atoms with E-state index in [1.54, 1.807) is 0 Å². The SMILES string of the molecule is C=Nc1ccccc1N1Cc2cc3ccccc3nc2-c2ccc(-c3ccc(P(C(/C=C\C)=C/CC)c4ccccc4)cc3)cc21. The molecule has 3 nitrogen and oxygen atoms in total. The molecule has 46 heavy (non-hydrogen) atoms. The molecule has 0 fully saturated rings. The molecule has 0 spiro atoms. The monoisotopic (exact) mass is 613 g/mol. The van der Waals surface area contributed by atoms with E-state index in [-0.39, 0.29) is 0 Å². The molecule has 0 N–H and O–H groups in total. The van der Waals surface area contributed by atoms with Gasteiger partial charge in [-0.05, 0) is 90.9 Å². The first-order valence-electron chi connectivity index (χ1n) is 15.8. The minimum atomic E-state index is -0.661. The maximum Gasteiger partial charge on any atom is 0.0859 e. The highest BCUT2D eigenvalue weighted by molar-refractivity contribution is 7.77. The average Bonchev–Trinajstić information content (AvgIpc) is 3.11. The van der Waals surface area contributed by atoms with E-state index in [2.05, 4.69) is 164 Å². The van der Waals surface area contributed by atoms with Crippen LogP contribution in [0.2, 0.25) is 0 Å². The number of para-hydroxylation sites is 3. The fourth-order valence-corrected chi connectivity index (χ4v) is 8.86. The molecular weight excluding hydrogens is 577 g/mol. The number of anilines is 2. The number of fused-ring (bicyclic) bond motifs is 4. The predicted molar refractivity (Wildman–Crippen MR) is 200 cm³/mol. The lowest BCUT2D eigenvalue weighted by Gasteiger charge is -2.33. The third-order valence-corrected chi connectivity index (χ3v) is 11.0. The number of hydrogen-bond acceptors (Lipinski definition) is 3. The predicted octanol–water partition coefficient (Wildman–Crippen LogP) is 10.9. The van der Waals surface area contributed by atoms with Crippen molar-refractivity contribution in [1.29, 1.82) is 0 Å². The van der Waals surface area contributed by atoms with Crippen molar-refractivity contribution in [2.24, 2.45) is 4.99 Å². The van der Waals surface area contributed by atoms with Crippen LogP contribution in [0.15, 0.2) is 156 Å². The van der Waals surface area contributed by atoms with E-state index < -0.39 is 7.92 Å². The quantitative estimate of drug-likeness (QED) is 0.0971.